The molecule has 0 fully saturated rings. The fourth-order valence-electron chi connectivity index (χ4n) is 3.24. The van der Waals surface area contributed by atoms with Crippen LogP contribution >= 0.6 is 23.2 Å². The van der Waals surface area contributed by atoms with Crippen LogP contribution in [0.3, 0.4) is 0 Å². The minimum absolute atomic E-state index is 0.0648. The van der Waals surface area contributed by atoms with Crippen molar-refractivity contribution in [1.29, 1.82) is 0 Å². The van der Waals surface area contributed by atoms with Crippen LogP contribution in [-0.2, 0) is 6.61 Å². The lowest BCUT2D eigenvalue weighted by atomic mass is 10.0. The number of hydrogen-bond donors (Lipinski definition) is 0. The van der Waals surface area contributed by atoms with Crippen LogP contribution in [-0.4, -0.2) is 10.7 Å². The summed E-state index contributed by atoms with van der Waals surface area (Å²) in [6.07, 6.45) is 1.49. The molecule has 0 amide bonds. The first-order chi connectivity index (χ1) is 14.8. The molecule has 0 unspecified atom stereocenters. The van der Waals surface area contributed by atoms with E-state index in [4.69, 9.17) is 32.7 Å². The highest BCUT2D eigenvalue weighted by Gasteiger charge is 2.30. The fraction of sp³-hybridized carbons (Fsp3) is 0.0870. The maximum absolute atomic E-state index is 12.8. The number of benzene rings is 3. The van der Waals surface area contributed by atoms with Gasteiger partial charge in [0.1, 0.15) is 18.1 Å². The van der Waals surface area contributed by atoms with Crippen molar-refractivity contribution in [1.82, 2.24) is 0 Å². The molecule has 0 aromatic heterocycles. The monoisotopic (exact) mass is 455 g/mol. The maximum atomic E-state index is 12.8. The van der Waals surface area contributed by atoms with E-state index in [-0.39, 0.29) is 23.8 Å². The van der Waals surface area contributed by atoms with Gasteiger partial charge in [0.05, 0.1) is 10.5 Å². The van der Waals surface area contributed by atoms with Gasteiger partial charge >= 0.3 is 0 Å². The number of non-ortho nitro benzene ring substituents is 1. The number of nitro benzene ring substituents is 1. The molecule has 31 heavy (non-hydrogen) atoms. The van der Waals surface area contributed by atoms with Gasteiger partial charge in [0.15, 0.2) is 5.76 Å². The SMILES string of the molecule is Cc1cc(OCc2ccc(Cl)cc2Cl)cc2c1C(=O)/C(=C/c1cccc([N+](=O)[O-])c1)O2. The van der Waals surface area contributed by atoms with Crippen LogP contribution in [0, 0.1) is 17.0 Å². The highest BCUT2D eigenvalue weighted by atomic mass is 35.5. The zero-order valence-electron chi connectivity index (χ0n) is 16.2. The number of Topliss-reactive ketones (excluding diaryl/α,β-unsaturated/α-hetero) is 1. The molecule has 0 spiro atoms. The van der Waals surface area contributed by atoms with Gasteiger partial charge in [0, 0.05) is 33.8 Å². The Morgan fingerprint density at radius 1 is 1.13 bits per heavy atom. The summed E-state index contributed by atoms with van der Waals surface area (Å²) in [7, 11) is 0. The van der Waals surface area contributed by atoms with E-state index in [0.29, 0.717) is 38.2 Å². The molecule has 1 heterocycles. The number of hydrogen-bond acceptors (Lipinski definition) is 5. The third-order valence-electron chi connectivity index (χ3n) is 4.73. The van der Waals surface area contributed by atoms with Crippen LogP contribution in [0.5, 0.6) is 11.5 Å². The standard InChI is InChI=1S/C23H15Cl2NO5/c1-13-7-18(30-12-15-5-6-16(24)10-19(15)25)11-20-22(13)23(27)21(31-20)9-14-3-2-4-17(8-14)26(28)29/h2-11H,12H2,1H3/b21-9-. The fourth-order valence-corrected chi connectivity index (χ4v) is 3.70. The molecule has 3 aromatic carbocycles. The van der Waals surface area contributed by atoms with Crippen molar-refractivity contribution in [3.05, 3.63) is 103 Å². The second-order valence-corrected chi connectivity index (χ2v) is 7.77. The Balaban J connectivity index is 1.57. The van der Waals surface area contributed by atoms with Crippen LogP contribution in [0.15, 0.2) is 60.4 Å². The van der Waals surface area contributed by atoms with Crippen molar-refractivity contribution in [2.45, 2.75) is 13.5 Å². The van der Waals surface area contributed by atoms with E-state index in [1.807, 2.05) is 0 Å². The first-order valence-electron chi connectivity index (χ1n) is 9.22. The van der Waals surface area contributed by atoms with Crippen LogP contribution in [0.25, 0.3) is 6.08 Å². The molecule has 0 N–H and O–H groups in total. The van der Waals surface area contributed by atoms with E-state index in [0.717, 1.165) is 5.56 Å². The summed E-state index contributed by atoms with van der Waals surface area (Å²) in [5.74, 6) is 0.702. The van der Waals surface area contributed by atoms with Gasteiger partial charge in [-0.3, -0.25) is 14.9 Å². The summed E-state index contributed by atoms with van der Waals surface area (Å²) in [4.78, 5) is 23.3. The Morgan fingerprint density at radius 3 is 2.68 bits per heavy atom. The first kappa shape index (κ1) is 20.9. The zero-order valence-corrected chi connectivity index (χ0v) is 17.7. The highest BCUT2D eigenvalue weighted by molar-refractivity contribution is 6.35. The number of fused-ring (bicyclic) bond motifs is 1. The molecular formula is C23H15Cl2NO5. The molecule has 1 aliphatic heterocycles. The molecule has 6 nitrogen and oxygen atoms in total. The van der Waals surface area contributed by atoms with Crippen molar-refractivity contribution >= 4 is 40.7 Å². The average molecular weight is 456 g/mol. The lowest BCUT2D eigenvalue weighted by Gasteiger charge is -2.10. The molecule has 0 atom stereocenters. The van der Waals surface area contributed by atoms with E-state index in [1.165, 1.54) is 18.2 Å². The largest absolute Gasteiger partial charge is 0.489 e. The number of halogens is 2. The lowest BCUT2D eigenvalue weighted by molar-refractivity contribution is -0.384. The van der Waals surface area contributed by atoms with E-state index >= 15 is 0 Å². The Kier molecular flexibility index (Phi) is 5.67. The Labute approximate surface area is 187 Å². The van der Waals surface area contributed by atoms with E-state index < -0.39 is 4.92 Å². The third-order valence-corrected chi connectivity index (χ3v) is 5.32. The molecule has 0 aliphatic carbocycles. The van der Waals surface area contributed by atoms with Crippen LogP contribution in [0.4, 0.5) is 5.69 Å². The molecule has 8 heteroatoms. The second kappa shape index (κ2) is 8.41. The lowest BCUT2D eigenvalue weighted by Crippen LogP contribution is -2.00. The van der Waals surface area contributed by atoms with Gasteiger partial charge < -0.3 is 9.47 Å². The van der Waals surface area contributed by atoms with Gasteiger partial charge in [-0.15, -0.1) is 0 Å². The van der Waals surface area contributed by atoms with Gasteiger partial charge in [0.2, 0.25) is 5.78 Å². The van der Waals surface area contributed by atoms with Gasteiger partial charge in [-0.2, -0.15) is 0 Å². The van der Waals surface area contributed by atoms with E-state index in [2.05, 4.69) is 0 Å². The molecule has 1 aliphatic rings. The Morgan fingerprint density at radius 2 is 1.94 bits per heavy atom. The molecule has 0 radical (unpaired) electrons. The molecule has 0 bridgehead atoms. The van der Waals surface area contributed by atoms with Crippen LogP contribution in [0.2, 0.25) is 10.0 Å². The summed E-state index contributed by atoms with van der Waals surface area (Å²) in [5, 5.41) is 12.0. The van der Waals surface area contributed by atoms with Crippen molar-refractivity contribution in [3.63, 3.8) is 0 Å². The number of ether oxygens (including phenoxy) is 2. The Bertz CT molecular complexity index is 1250. The van der Waals surface area contributed by atoms with Gasteiger partial charge in [0.25, 0.3) is 5.69 Å². The minimum Gasteiger partial charge on any atom is -0.489 e. The topological polar surface area (TPSA) is 78.7 Å². The number of carbonyl (C=O) groups is 1. The molecular weight excluding hydrogens is 441 g/mol. The second-order valence-electron chi connectivity index (χ2n) is 6.93. The number of nitrogens with zero attached hydrogens (tertiary/aromatic N) is 1. The van der Waals surface area contributed by atoms with Crippen LogP contribution < -0.4 is 9.47 Å². The highest BCUT2D eigenvalue weighted by Crippen LogP contribution is 2.38. The maximum Gasteiger partial charge on any atom is 0.270 e. The number of aryl methyl sites for hydroxylation is 1. The number of carbonyl (C=O) groups excluding carboxylic acids is 1. The summed E-state index contributed by atoms with van der Waals surface area (Å²) in [6.45, 7) is 2.01. The van der Waals surface area contributed by atoms with Crippen molar-refractivity contribution in [2.24, 2.45) is 0 Å². The summed E-state index contributed by atoms with van der Waals surface area (Å²) in [5.41, 5.74) is 2.34. The Hall–Kier alpha value is -3.35. The molecule has 0 saturated carbocycles. The molecule has 3 aromatic rings. The number of allylic oxidation sites excluding steroid dienone is 1. The normalized spacial score (nSPS) is 13.8. The summed E-state index contributed by atoms with van der Waals surface area (Å²) in [6, 6.07) is 14.5. The van der Waals surface area contributed by atoms with Crippen LogP contribution in [0.1, 0.15) is 27.0 Å². The van der Waals surface area contributed by atoms with Gasteiger partial charge in [-0.1, -0.05) is 41.4 Å². The predicted octanol–water partition coefficient (Wildman–Crippen LogP) is 6.41. The minimum atomic E-state index is -0.491. The molecule has 156 valence electrons. The van der Waals surface area contributed by atoms with Gasteiger partial charge in [-0.05, 0) is 42.3 Å². The van der Waals surface area contributed by atoms with Crippen molar-refractivity contribution < 1.29 is 19.2 Å². The average Bonchev–Trinajstić information content (AvgIpc) is 3.03. The number of ketones is 1. The van der Waals surface area contributed by atoms with E-state index in [9.17, 15) is 14.9 Å². The molecule has 4 rings (SSSR count). The number of nitro groups is 1. The van der Waals surface area contributed by atoms with E-state index in [1.54, 1.807) is 49.4 Å². The van der Waals surface area contributed by atoms with Crippen molar-refractivity contribution in [3.8, 4) is 11.5 Å². The zero-order chi connectivity index (χ0) is 22.1. The summed E-state index contributed by atoms with van der Waals surface area (Å²) >= 11 is 12.1. The molecule has 0 saturated heterocycles. The first-order valence-corrected chi connectivity index (χ1v) is 9.97. The van der Waals surface area contributed by atoms with Gasteiger partial charge in [-0.25, -0.2) is 0 Å². The number of rotatable bonds is 5. The third kappa shape index (κ3) is 4.40. The quantitative estimate of drug-likeness (QED) is 0.252. The smallest absolute Gasteiger partial charge is 0.270 e. The predicted molar refractivity (Wildman–Crippen MR) is 118 cm³/mol. The summed E-state index contributed by atoms with van der Waals surface area (Å²) < 4.78 is 11.6. The van der Waals surface area contributed by atoms with Crippen molar-refractivity contribution in [2.75, 3.05) is 0 Å².